The van der Waals surface area contributed by atoms with E-state index in [1.807, 2.05) is 6.07 Å². The van der Waals surface area contributed by atoms with E-state index in [4.69, 9.17) is 10.9 Å². The van der Waals surface area contributed by atoms with Crippen molar-refractivity contribution in [1.82, 2.24) is 4.90 Å². The van der Waals surface area contributed by atoms with Crippen molar-refractivity contribution in [1.29, 1.82) is 0 Å². The lowest BCUT2D eigenvalue weighted by Crippen LogP contribution is -2.22. The number of hydrogen-bond acceptors (Lipinski definition) is 3. The Bertz CT molecular complexity index is 351. The Morgan fingerprint density at radius 2 is 1.94 bits per heavy atom. The van der Waals surface area contributed by atoms with Crippen LogP contribution in [-0.4, -0.2) is 36.1 Å². The standard InChI is InChI=1S/C14H23N3O/c1-17(11-6-5-9-14(15)16-18)12-10-13-7-3-2-4-8-13/h2-4,7-8,18H,5-6,9-12H2,1H3,(H2,15,16). The van der Waals surface area contributed by atoms with Crippen LogP contribution in [0.2, 0.25) is 0 Å². The monoisotopic (exact) mass is 249 g/mol. The second kappa shape index (κ2) is 8.53. The Morgan fingerprint density at radius 1 is 1.22 bits per heavy atom. The summed E-state index contributed by atoms with van der Waals surface area (Å²) < 4.78 is 0. The Labute approximate surface area is 109 Å². The van der Waals surface area contributed by atoms with Gasteiger partial charge in [0.1, 0.15) is 5.84 Å². The molecule has 4 heteroatoms. The molecule has 0 unspecified atom stereocenters. The summed E-state index contributed by atoms with van der Waals surface area (Å²) in [6.45, 7) is 2.11. The third-order valence-electron chi connectivity index (χ3n) is 2.98. The summed E-state index contributed by atoms with van der Waals surface area (Å²) in [7, 11) is 2.13. The van der Waals surface area contributed by atoms with Gasteiger partial charge in [-0.3, -0.25) is 0 Å². The van der Waals surface area contributed by atoms with Crippen LogP contribution in [0.5, 0.6) is 0 Å². The molecule has 0 amide bonds. The van der Waals surface area contributed by atoms with Gasteiger partial charge in [0.2, 0.25) is 0 Å². The molecule has 0 radical (unpaired) electrons. The molecule has 4 nitrogen and oxygen atoms in total. The molecule has 18 heavy (non-hydrogen) atoms. The number of nitrogens with zero attached hydrogens (tertiary/aromatic N) is 2. The molecule has 1 rings (SSSR count). The molecule has 100 valence electrons. The maximum absolute atomic E-state index is 8.41. The Hall–Kier alpha value is -1.55. The van der Waals surface area contributed by atoms with Crippen molar-refractivity contribution in [2.45, 2.75) is 25.7 Å². The predicted octanol–water partition coefficient (Wildman–Crippen LogP) is 2.08. The van der Waals surface area contributed by atoms with Crippen LogP contribution in [0.25, 0.3) is 0 Å². The molecule has 3 N–H and O–H groups in total. The fourth-order valence-electron chi connectivity index (χ4n) is 1.81. The first-order valence-corrected chi connectivity index (χ1v) is 6.41. The fourth-order valence-corrected chi connectivity index (χ4v) is 1.81. The number of oxime groups is 1. The predicted molar refractivity (Wildman–Crippen MR) is 74.9 cm³/mol. The molecular formula is C14H23N3O. The molecule has 0 heterocycles. The molecule has 0 fully saturated rings. The van der Waals surface area contributed by atoms with Crippen LogP contribution in [0.15, 0.2) is 35.5 Å². The number of amidine groups is 1. The number of likely N-dealkylation sites (N-methyl/N-ethyl adjacent to an activating group) is 1. The van der Waals surface area contributed by atoms with Gasteiger partial charge in [-0.1, -0.05) is 35.5 Å². The van der Waals surface area contributed by atoms with Gasteiger partial charge in [-0.2, -0.15) is 0 Å². The van der Waals surface area contributed by atoms with E-state index in [0.29, 0.717) is 12.3 Å². The second-order valence-corrected chi connectivity index (χ2v) is 4.59. The van der Waals surface area contributed by atoms with Crippen LogP contribution < -0.4 is 5.73 Å². The zero-order valence-corrected chi connectivity index (χ0v) is 11.0. The lowest BCUT2D eigenvalue weighted by atomic mass is 10.1. The molecule has 0 aliphatic rings. The highest BCUT2D eigenvalue weighted by Crippen LogP contribution is 2.02. The number of rotatable bonds is 8. The van der Waals surface area contributed by atoms with Gasteiger partial charge in [-0.05, 0) is 38.4 Å². The van der Waals surface area contributed by atoms with E-state index >= 15 is 0 Å². The minimum absolute atomic E-state index is 0.321. The summed E-state index contributed by atoms with van der Waals surface area (Å²) in [5.41, 5.74) is 6.79. The zero-order valence-electron chi connectivity index (χ0n) is 11.0. The van der Waals surface area contributed by atoms with Crippen molar-refractivity contribution < 1.29 is 5.21 Å². The number of nitrogens with two attached hydrogens (primary N) is 1. The van der Waals surface area contributed by atoms with Gasteiger partial charge in [-0.15, -0.1) is 0 Å². The molecule has 0 spiro atoms. The molecule has 0 bridgehead atoms. The van der Waals surface area contributed by atoms with Gasteiger partial charge in [0, 0.05) is 13.0 Å². The number of benzene rings is 1. The first-order chi connectivity index (χ1) is 8.72. The highest BCUT2D eigenvalue weighted by Gasteiger charge is 2.00. The van der Waals surface area contributed by atoms with E-state index in [0.717, 1.165) is 32.4 Å². The van der Waals surface area contributed by atoms with Crippen LogP contribution >= 0.6 is 0 Å². The molecule has 0 atom stereocenters. The summed E-state index contributed by atoms with van der Waals surface area (Å²) in [5, 5.41) is 11.4. The quantitative estimate of drug-likeness (QED) is 0.244. The summed E-state index contributed by atoms with van der Waals surface area (Å²) >= 11 is 0. The van der Waals surface area contributed by atoms with Gasteiger partial charge in [0.25, 0.3) is 0 Å². The van der Waals surface area contributed by atoms with Crippen molar-refractivity contribution in [3.8, 4) is 0 Å². The van der Waals surface area contributed by atoms with Gasteiger partial charge in [-0.25, -0.2) is 0 Å². The first kappa shape index (κ1) is 14.5. The van der Waals surface area contributed by atoms with Crippen molar-refractivity contribution in [2.75, 3.05) is 20.1 Å². The van der Waals surface area contributed by atoms with E-state index in [1.165, 1.54) is 5.56 Å². The molecule has 1 aromatic rings. The highest BCUT2D eigenvalue weighted by atomic mass is 16.4. The minimum atomic E-state index is 0.321. The van der Waals surface area contributed by atoms with Crippen LogP contribution in [0.3, 0.4) is 0 Å². The lowest BCUT2D eigenvalue weighted by molar-refractivity contribution is 0.314. The van der Waals surface area contributed by atoms with E-state index in [9.17, 15) is 0 Å². The van der Waals surface area contributed by atoms with E-state index < -0.39 is 0 Å². The van der Waals surface area contributed by atoms with Gasteiger partial charge in [0.15, 0.2) is 0 Å². The summed E-state index contributed by atoms with van der Waals surface area (Å²) in [6.07, 6.45) is 3.79. The SMILES string of the molecule is CN(CCCCC(N)=NO)CCc1ccccc1. The topological polar surface area (TPSA) is 61.8 Å². The van der Waals surface area contributed by atoms with E-state index in [-0.39, 0.29) is 0 Å². The summed E-state index contributed by atoms with van der Waals surface area (Å²) in [4.78, 5) is 2.32. The molecular weight excluding hydrogens is 226 g/mol. The van der Waals surface area contributed by atoms with Crippen molar-refractivity contribution in [3.05, 3.63) is 35.9 Å². The molecule has 0 aliphatic carbocycles. The molecule has 0 saturated heterocycles. The molecule has 0 saturated carbocycles. The Morgan fingerprint density at radius 3 is 2.61 bits per heavy atom. The Balaban J connectivity index is 2.09. The number of unbranched alkanes of at least 4 members (excludes halogenated alkanes) is 1. The van der Waals surface area contributed by atoms with Crippen LogP contribution in [0.4, 0.5) is 0 Å². The third-order valence-corrected chi connectivity index (χ3v) is 2.98. The fraction of sp³-hybridized carbons (Fsp3) is 0.500. The van der Waals surface area contributed by atoms with Crippen molar-refractivity contribution in [2.24, 2.45) is 10.9 Å². The van der Waals surface area contributed by atoms with E-state index in [2.05, 4.69) is 41.4 Å². The smallest absolute Gasteiger partial charge is 0.139 e. The van der Waals surface area contributed by atoms with Crippen molar-refractivity contribution >= 4 is 5.84 Å². The molecule has 1 aromatic carbocycles. The normalized spacial score (nSPS) is 12.0. The van der Waals surface area contributed by atoms with Gasteiger partial charge >= 0.3 is 0 Å². The van der Waals surface area contributed by atoms with E-state index in [1.54, 1.807) is 0 Å². The highest BCUT2D eigenvalue weighted by molar-refractivity contribution is 5.79. The largest absolute Gasteiger partial charge is 0.409 e. The summed E-state index contributed by atoms with van der Waals surface area (Å²) in [6, 6.07) is 10.5. The average Bonchev–Trinajstić information content (AvgIpc) is 2.42. The van der Waals surface area contributed by atoms with Crippen LogP contribution in [0.1, 0.15) is 24.8 Å². The average molecular weight is 249 g/mol. The van der Waals surface area contributed by atoms with Crippen LogP contribution in [0, 0.1) is 0 Å². The zero-order chi connectivity index (χ0) is 13.2. The third kappa shape index (κ3) is 6.25. The van der Waals surface area contributed by atoms with Crippen LogP contribution in [-0.2, 0) is 6.42 Å². The first-order valence-electron chi connectivity index (χ1n) is 6.41. The lowest BCUT2D eigenvalue weighted by Gasteiger charge is -2.16. The maximum Gasteiger partial charge on any atom is 0.139 e. The second-order valence-electron chi connectivity index (χ2n) is 4.59. The van der Waals surface area contributed by atoms with Gasteiger partial charge in [0.05, 0.1) is 0 Å². The summed E-state index contributed by atoms with van der Waals surface area (Å²) in [5.74, 6) is 0.321. The van der Waals surface area contributed by atoms with Crippen molar-refractivity contribution in [3.63, 3.8) is 0 Å². The minimum Gasteiger partial charge on any atom is -0.409 e. The molecule has 0 aliphatic heterocycles. The maximum atomic E-state index is 8.41. The number of hydrogen-bond donors (Lipinski definition) is 2. The van der Waals surface area contributed by atoms with Gasteiger partial charge < -0.3 is 15.8 Å². The Kier molecular flexibility index (Phi) is 6.87. The molecule has 0 aromatic heterocycles.